The Kier molecular flexibility index (Phi) is 22.5. The van der Waals surface area contributed by atoms with Gasteiger partial charge >= 0.3 is 5.97 Å². The quantitative estimate of drug-likeness (QED) is 0.0504. The maximum Gasteiger partial charge on any atom is 0.306 e. The normalized spacial score (nSPS) is 31.5. The van der Waals surface area contributed by atoms with Crippen LogP contribution in [0.1, 0.15) is 110 Å². The van der Waals surface area contributed by atoms with E-state index in [2.05, 4.69) is 13.8 Å². The van der Waals surface area contributed by atoms with Gasteiger partial charge in [-0.25, -0.2) is 0 Å². The van der Waals surface area contributed by atoms with Gasteiger partial charge in [0.2, 0.25) is 0 Å². The number of rotatable bonds is 26. The lowest BCUT2D eigenvalue weighted by molar-refractivity contribution is -0.332. The number of aliphatic hydroxyl groups is 7. The van der Waals surface area contributed by atoms with Gasteiger partial charge in [0, 0.05) is 13.0 Å². The zero-order valence-corrected chi connectivity index (χ0v) is 29.0. The zero-order valence-electron chi connectivity index (χ0n) is 29.0. The highest BCUT2D eigenvalue weighted by molar-refractivity contribution is 5.69. The number of carbonyl (C=O) groups is 1. The van der Waals surface area contributed by atoms with Crippen LogP contribution in [0, 0.1) is 0 Å². The highest BCUT2D eigenvalue weighted by atomic mass is 16.7. The van der Waals surface area contributed by atoms with Crippen molar-refractivity contribution in [1.29, 1.82) is 0 Å². The number of esters is 1. The van der Waals surface area contributed by atoms with Crippen molar-refractivity contribution in [3.63, 3.8) is 0 Å². The van der Waals surface area contributed by atoms with Crippen LogP contribution < -0.4 is 0 Å². The molecule has 14 nitrogen and oxygen atoms in total. The first-order valence-electron chi connectivity index (χ1n) is 18.1. The van der Waals surface area contributed by atoms with Crippen LogP contribution in [0.5, 0.6) is 0 Å². The third-order valence-electron chi connectivity index (χ3n) is 8.87. The smallest absolute Gasteiger partial charge is 0.306 e. The number of hydrogen-bond acceptors (Lipinski definition) is 14. The summed E-state index contributed by atoms with van der Waals surface area (Å²) in [6.45, 7) is 3.56. The lowest BCUT2D eigenvalue weighted by Gasteiger charge is -2.42. The molecule has 2 heterocycles. The first-order valence-corrected chi connectivity index (χ1v) is 18.1. The maximum atomic E-state index is 12.7. The van der Waals surface area contributed by atoms with E-state index in [1.165, 1.54) is 44.9 Å². The molecule has 0 aromatic heterocycles. The van der Waals surface area contributed by atoms with Crippen LogP contribution in [0.15, 0.2) is 0 Å². The third-order valence-corrected chi connectivity index (χ3v) is 8.87. The van der Waals surface area contributed by atoms with Gasteiger partial charge in [-0.05, 0) is 12.8 Å². The van der Waals surface area contributed by atoms with Crippen LogP contribution in [-0.2, 0) is 33.2 Å². The molecule has 2 fully saturated rings. The van der Waals surface area contributed by atoms with Crippen molar-refractivity contribution in [2.75, 3.05) is 33.0 Å². The van der Waals surface area contributed by atoms with Gasteiger partial charge in [0.05, 0.1) is 26.4 Å². The molecule has 2 rings (SSSR count). The molecular weight excluding hydrogens is 632 g/mol. The van der Waals surface area contributed by atoms with E-state index in [0.29, 0.717) is 13.0 Å². The molecule has 0 aliphatic carbocycles. The van der Waals surface area contributed by atoms with Crippen molar-refractivity contribution in [3.05, 3.63) is 0 Å². The summed E-state index contributed by atoms with van der Waals surface area (Å²) >= 11 is 0. The van der Waals surface area contributed by atoms with Gasteiger partial charge in [-0.3, -0.25) is 4.79 Å². The standard InChI is InChI=1S/C34H64O14/c1-3-5-7-9-11-13-15-17-26(36)46-23(20-43-18-16-14-12-10-8-6-4-2)21-44-33-32(42)30(40)28(38)25(48-33)22-45-34-31(41)29(39)27(37)24(19-35)47-34/h23-25,27-35,37-42H,3-22H2,1-2H3. The Morgan fingerprint density at radius 2 is 1.10 bits per heavy atom. The monoisotopic (exact) mass is 696 g/mol. The van der Waals surface area contributed by atoms with E-state index >= 15 is 0 Å². The number of ether oxygens (including phenoxy) is 6. The molecule has 0 spiro atoms. The second-order valence-electron chi connectivity index (χ2n) is 13.1. The molecule has 0 radical (unpaired) electrons. The summed E-state index contributed by atoms with van der Waals surface area (Å²) in [6.07, 6.45) is -0.510. The largest absolute Gasteiger partial charge is 0.457 e. The number of unbranched alkanes of at least 4 members (excludes halogenated alkanes) is 12. The van der Waals surface area contributed by atoms with Gasteiger partial charge < -0.3 is 64.2 Å². The van der Waals surface area contributed by atoms with Gasteiger partial charge in [0.1, 0.15) is 54.9 Å². The first-order chi connectivity index (χ1) is 23.1. The topological polar surface area (TPSA) is 214 Å². The number of aliphatic hydroxyl groups excluding tert-OH is 7. The fraction of sp³-hybridized carbons (Fsp3) is 0.971. The summed E-state index contributed by atoms with van der Waals surface area (Å²) in [5.41, 5.74) is 0. The lowest BCUT2D eigenvalue weighted by atomic mass is 9.98. The Morgan fingerprint density at radius 3 is 1.69 bits per heavy atom. The zero-order chi connectivity index (χ0) is 35.3. The highest BCUT2D eigenvalue weighted by Gasteiger charge is 2.47. The molecule has 0 aromatic rings. The fourth-order valence-corrected chi connectivity index (χ4v) is 5.75. The molecular formula is C34H64O14. The predicted octanol–water partition coefficient (Wildman–Crippen LogP) is 1.45. The summed E-state index contributed by atoms with van der Waals surface area (Å²) in [6, 6.07) is 0. The molecule has 0 saturated carbocycles. The molecule has 14 heteroatoms. The predicted molar refractivity (Wildman–Crippen MR) is 174 cm³/mol. The van der Waals surface area contributed by atoms with Crippen LogP contribution in [0.2, 0.25) is 0 Å². The van der Waals surface area contributed by atoms with E-state index in [1.54, 1.807) is 0 Å². The summed E-state index contributed by atoms with van der Waals surface area (Å²) in [5, 5.41) is 71.3. The van der Waals surface area contributed by atoms with Crippen LogP contribution >= 0.6 is 0 Å². The van der Waals surface area contributed by atoms with Gasteiger partial charge in [0.15, 0.2) is 12.6 Å². The summed E-state index contributed by atoms with van der Waals surface area (Å²) in [4.78, 5) is 12.7. The Labute approximate surface area is 285 Å². The van der Waals surface area contributed by atoms with Crippen molar-refractivity contribution >= 4 is 5.97 Å². The van der Waals surface area contributed by atoms with Crippen molar-refractivity contribution in [1.82, 2.24) is 0 Å². The minimum Gasteiger partial charge on any atom is -0.457 e. The van der Waals surface area contributed by atoms with Gasteiger partial charge in [-0.1, -0.05) is 90.9 Å². The third kappa shape index (κ3) is 15.5. The van der Waals surface area contributed by atoms with Crippen LogP contribution in [-0.4, -0.2) is 142 Å². The molecule has 0 aromatic carbocycles. The average molecular weight is 697 g/mol. The maximum absolute atomic E-state index is 12.7. The highest BCUT2D eigenvalue weighted by Crippen LogP contribution is 2.26. The van der Waals surface area contributed by atoms with E-state index in [4.69, 9.17) is 28.4 Å². The fourth-order valence-electron chi connectivity index (χ4n) is 5.75. The van der Waals surface area contributed by atoms with Crippen LogP contribution in [0.4, 0.5) is 0 Å². The Morgan fingerprint density at radius 1 is 0.604 bits per heavy atom. The van der Waals surface area contributed by atoms with Crippen LogP contribution in [0.25, 0.3) is 0 Å². The summed E-state index contributed by atoms with van der Waals surface area (Å²) in [5.74, 6) is -0.386. The SMILES string of the molecule is CCCCCCCCCOCC(COC1OC(COC2OC(CO)C(O)C(O)C2O)C(O)C(O)C1O)OC(=O)CCCCCCCCC. The van der Waals surface area contributed by atoms with Crippen molar-refractivity contribution < 1.29 is 69.0 Å². The van der Waals surface area contributed by atoms with E-state index in [0.717, 1.165) is 38.5 Å². The summed E-state index contributed by atoms with van der Waals surface area (Å²) < 4.78 is 33.7. The number of carbonyl (C=O) groups excluding carboxylic acids is 1. The van der Waals surface area contributed by atoms with E-state index in [9.17, 15) is 40.5 Å². The second kappa shape index (κ2) is 25.0. The molecule has 0 bridgehead atoms. The Bertz CT molecular complexity index is 819. The molecule has 0 amide bonds. The minimum atomic E-state index is -1.70. The lowest BCUT2D eigenvalue weighted by Crippen LogP contribution is -2.61. The van der Waals surface area contributed by atoms with E-state index < -0.39 is 80.7 Å². The Balaban J connectivity index is 1.90. The first kappa shape index (κ1) is 43.2. The molecule has 2 aliphatic heterocycles. The van der Waals surface area contributed by atoms with Gasteiger partial charge in [-0.2, -0.15) is 0 Å². The molecule has 7 N–H and O–H groups in total. The van der Waals surface area contributed by atoms with Crippen molar-refractivity contribution in [3.8, 4) is 0 Å². The second-order valence-corrected chi connectivity index (χ2v) is 13.1. The minimum absolute atomic E-state index is 0.0657. The number of hydrogen-bond donors (Lipinski definition) is 7. The summed E-state index contributed by atoms with van der Waals surface area (Å²) in [7, 11) is 0. The van der Waals surface area contributed by atoms with Crippen molar-refractivity contribution in [2.45, 2.75) is 178 Å². The molecule has 2 saturated heterocycles. The van der Waals surface area contributed by atoms with Crippen LogP contribution in [0.3, 0.4) is 0 Å². The van der Waals surface area contributed by atoms with Gasteiger partial charge in [-0.15, -0.1) is 0 Å². The molecule has 284 valence electrons. The molecule has 48 heavy (non-hydrogen) atoms. The van der Waals surface area contributed by atoms with Gasteiger partial charge in [0.25, 0.3) is 0 Å². The molecule has 11 atom stereocenters. The Hall–Kier alpha value is -1.01. The molecule has 11 unspecified atom stereocenters. The van der Waals surface area contributed by atoms with Crippen molar-refractivity contribution in [2.24, 2.45) is 0 Å². The van der Waals surface area contributed by atoms with E-state index in [-0.39, 0.29) is 25.6 Å². The molecule has 2 aliphatic rings. The average Bonchev–Trinajstić information content (AvgIpc) is 3.08. The van der Waals surface area contributed by atoms with E-state index in [1.807, 2.05) is 0 Å².